The molecule has 0 radical (unpaired) electrons. The highest BCUT2D eigenvalue weighted by molar-refractivity contribution is 5.87. The van der Waals surface area contributed by atoms with E-state index in [-0.39, 0.29) is 37.2 Å². The van der Waals surface area contributed by atoms with Crippen LogP contribution in [-0.4, -0.2) is 85.2 Å². The first-order chi connectivity index (χ1) is 12.1. The van der Waals surface area contributed by atoms with Crippen LogP contribution in [0.2, 0.25) is 0 Å². The summed E-state index contributed by atoms with van der Waals surface area (Å²) < 4.78 is 4.93. The number of hydrogen-bond acceptors (Lipinski definition) is 8. The number of aromatic nitrogens is 1. The van der Waals surface area contributed by atoms with E-state index >= 15 is 0 Å². The second-order valence-corrected chi connectivity index (χ2v) is 6.30. The summed E-state index contributed by atoms with van der Waals surface area (Å²) in [5.41, 5.74) is 1.14. The Morgan fingerprint density at radius 2 is 1.50 bits per heavy atom. The van der Waals surface area contributed by atoms with Crippen LogP contribution in [0.3, 0.4) is 0 Å². The molecular weight excluding hydrogens is 429 g/mol. The van der Waals surface area contributed by atoms with E-state index in [0.717, 1.165) is 58.0 Å². The number of piperazine rings is 2. The van der Waals surface area contributed by atoms with Crippen LogP contribution in [0.4, 0.5) is 5.69 Å². The standard InChI is InChI=1S/C17H25N5O3.3ClH/c1-14(23)25-17(24)16(21-8-6-19-7-9-21)22-12-10-20(11-13-22)15-2-4-18-5-3-15;;;/h2-5,16,19H,6-13H2,1H3;3*1H. The maximum atomic E-state index is 12.5. The smallest absolute Gasteiger partial charge is 0.346 e. The van der Waals surface area contributed by atoms with Gasteiger partial charge in [0.15, 0.2) is 6.17 Å². The first-order valence-corrected chi connectivity index (χ1v) is 8.71. The first kappa shape index (κ1) is 26.8. The molecule has 0 aromatic carbocycles. The van der Waals surface area contributed by atoms with Crippen LogP contribution in [0.15, 0.2) is 24.5 Å². The van der Waals surface area contributed by atoms with Crippen molar-refractivity contribution in [2.45, 2.75) is 13.1 Å². The van der Waals surface area contributed by atoms with E-state index in [1.54, 1.807) is 12.4 Å². The molecule has 3 rings (SSSR count). The zero-order valence-electron chi connectivity index (χ0n) is 15.8. The van der Waals surface area contributed by atoms with Crippen LogP contribution < -0.4 is 10.2 Å². The summed E-state index contributed by atoms with van der Waals surface area (Å²) in [5.74, 6) is -1.02. The van der Waals surface area contributed by atoms with E-state index in [1.807, 2.05) is 12.1 Å². The highest BCUT2D eigenvalue weighted by Gasteiger charge is 2.36. The summed E-state index contributed by atoms with van der Waals surface area (Å²) in [5, 5.41) is 3.29. The molecule has 2 saturated heterocycles. The number of ether oxygens (including phenoxy) is 1. The quantitative estimate of drug-likeness (QED) is 0.526. The Balaban J connectivity index is 0.00000243. The maximum absolute atomic E-state index is 12.5. The maximum Gasteiger partial charge on any atom is 0.346 e. The molecule has 1 unspecified atom stereocenters. The zero-order chi connectivity index (χ0) is 17.6. The van der Waals surface area contributed by atoms with Crippen molar-refractivity contribution in [2.75, 3.05) is 57.3 Å². The molecule has 1 atom stereocenters. The van der Waals surface area contributed by atoms with Crippen molar-refractivity contribution >= 4 is 54.8 Å². The van der Waals surface area contributed by atoms with E-state index in [0.29, 0.717) is 0 Å². The van der Waals surface area contributed by atoms with Gasteiger partial charge in [-0.05, 0) is 12.1 Å². The summed E-state index contributed by atoms with van der Waals surface area (Å²) in [7, 11) is 0. The molecular formula is C17H28Cl3N5O3. The van der Waals surface area contributed by atoms with Crippen molar-refractivity contribution in [2.24, 2.45) is 0 Å². The van der Waals surface area contributed by atoms with Crippen LogP contribution in [0.25, 0.3) is 0 Å². The highest BCUT2D eigenvalue weighted by atomic mass is 35.5. The number of carbonyl (C=O) groups excluding carboxylic acids is 2. The van der Waals surface area contributed by atoms with Gasteiger partial charge in [0.2, 0.25) is 0 Å². The Morgan fingerprint density at radius 3 is 2.04 bits per heavy atom. The number of nitrogens with one attached hydrogen (secondary N) is 1. The fourth-order valence-electron chi connectivity index (χ4n) is 3.43. The fourth-order valence-corrected chi connectivity index (χ4v) is 3.43. The molecule has 0 aliphatic carbocycles. The number of hydrogen-bond donors (Lipinski definition) is 1. The number of esters is 2. The topological polar surface area (TPSA) is 78.0 Å². The van der Waals surface area contributed by atoms with E-state index in [1.165, 1.54) is 6.92 Å². The third-order valence-corrected chi connectivity index (χ3v) is 4.64. The monoisotopic (exact) mass is 455 g/mol. The average Bonchev–Trinajstić information content (AvgIpc) is 2.63. The lowest BCUT2D eigenvalue weighted by Gasteiger charge is -2.43. The molecule has 160 valence electrons. The van der Waals surface area contributed by atoms with Gasteiger partial charge in [-0.3, -0.25) is 19.6 Å². The van der Waals surface area contributed by atoms with E-state index < -0.39 is 18.1 Å². The predicted octanol–water partition coefficient (Wildman–Crippen LogP) is 0.790. The van der Waals surface area contributed by atoms with Gasteiger partial charge in [-0.1, -0.05) is 0 Å². The van der Waals surface area contributed by atoms with Crippen molar-refractivity contribution in [3.05, 3.63) is 24.5 Å². The number of halogens is 3. The SMILES string of the molecule is CC(=O)OC(=O)C(N1CCNCC1)N1CCN(c2ccncc2)CC1.Cl.Cl.Cl. The van der Waals surface area contributed by atoms with Gasteiger partial charge >= 0.3 is 11.9 Å². The number of carbonyl (C=O) groups is 2. The van der Waals surface area contributed by atoms with Crippen molar-refractivity contribution in [3.8, 4) is 0 Å². The van der Waals surface area contributed by atoms with Crippen LogP contribution in [0.5, 0.6) is 0 Å². The third kappa shape index (κ3) is 7.02. The van der Waals surface area contributed by atoms with E-state index in [2.05, 4.69) is 25.0 Å². The lowest BCUT2D eigenvalue weighted by molar-refractivity contribution is -0.168. The molecule has 2 aliphatic rings. The Morgan fingerprint density at radius 1 is 0.964 bits per heavy atom. The summed E-state index contributed by atoms with van der Waals surface area (Å²) >= 11 is 0. The van der Waals surface area contributed by atoms with Crippen LogP contribution in [0.1, 0.15) is 6.92 Å². The number of rotatable bonds is 4. The van der Waals surface area contributed by atoms with Gasteiger partial charge in [0.1, 0.15) is 0 Å². The highest BCUT2D eigenvalue weighted by Crippen LogP contribution is 2.18. The largest absolute Gasteiger partial charge is 0.391 e. The van der Waals surface area contributed by atoms with Gasteiger partial charge in [-0.25, -0.2) is 4.79 Å². The molecule has 2 aliphatic heterocycles. The van der Waals surface area contributed by atoms with Gasteiger partial charge in [-0.2, -0.15) is 0 Å². The van der Waals surface area contributed by atoms with Gasteiger partial charge in [-0.15, -0.1) is 37.2 Å². The summed E-state index contributed by atoms with van der Waals surface area (Å²) in [6, 6.07) is 3.99. The molecule has 0 spiro atoms. The van der Waals surface area contributed by atoms with Crippen LogP contribution in [0, 0.1) is 0 Å². The molecule has 28 heavy (non-hydrogen) atoms. The third-order valence-electron chi connectivity index (χ3n) is 4.64. The van der Waals surface area contributed by atoms with Crippen molar-refractivity contribution in [1.29, 1.82) is 0 Å². The first-order valence-electron chi connectivity index (χ1n) is 8.71. The molecule has 0 bridgehead atoms. The normalized spacial score (nSPS) is 18.7. The average molecular weight is 457 g/mol. The molecule has 8 nitrogen and oxygen atoms in total. The van der Waals surface area contributed by atoms with Crippen molar-refractivity contribution < 1.29 is 14.3 Å². The molecule has 1 aromatic heterocycles. The minimum absolute atomic E-state index is 0. The van der Waals surface area contributed by atoms with E-state index in [9.17, 15) is 9.59 Å². The minimum Gasteiger partial charge on any atom is -0.391 e. The van der Waals surface area contributed by atoms with Crippen molar-refractivity contribution in [3.63, 3.8) is 0 Å². The lowest BCUT2D eigenvalue weighted by Crippen LogP contribution is -2.62. The molecule has 2 fully saturated rings. The van der Waals surface area contributed by atoms with Gasteiger partial charge in [0.05, 0.1) is 0 Å². The number of pyridine rings is 1. The number of anilines is 1. The predicted molar refractivity (Wildman–Crippen MR) is 115 cm³/mol. The summed E-state index contributed by atoms with van der Waals surface area (Å²) in [6.45, 7) is 7.59. The Labute approximate surface area is 184 Å². The lowest BCUT2D eigenvalue weighted by atomic mass is 10.2. The van der Waals surface area contributed by atoms with Crippen molar-refractivity contribution in [1.82, 2.24) is 20.1 Å². The second-order valence-electron chi connectivity index (χ2n) is 6.30. The molecule has 3 heterocycles. The van der Waals surface area contributed by atoms with Gasteiger partial charge < -0.3 is 15.0 Å². The summed E-state index contributed by atoms with van der Waals surface area (Å²) in [4.78, 5) is 34.3. The summed E-state index contributed by atoms with van der Waals surface area (Å²) in [6.07, 6.45) is 3.08. The number of nitrogens with zero attached hydrogens (tertiary/aromatic N) is 4. The molecule has 11 heteroatoms. The van der Waals surface area contributed by atoms with Crippen LogP contribution in [-0.2, 0) is 14.3 Å². The Kier molecular flexibility index (Phi) is 12.6. The minimum atomic E-state index is -0.555. The Hall–Kier alpha value is -1.16. The second kappa shape index (κ2) is 13.1. The molecule has 0 amide bonds. The van der Waals surface area contributed by atoms with Gasteiger partial charge in [0, 0.05) is 77.4 Å². The molecule has 1 N–H and O–H groups in total. The molecule has 0 saturated carbocycles. The van der Waals surface area contributed by atoms with Crippen LogP contribution >= 0.6 is 37.2 Å². The molecule has 1 aromatic rings. The van der Waals surface area contributed by atoms with Gasteiger partial charge in [0.25, 0.3) is 0 Å². The Bertz CT molecular complexity index is 597. The fraction of sp³-hybridized carbons (Fsp3) is 0.588. The zero-order valence-corrected chi connectivity index (χ0v) is 18.2. The van der Waals surface area contributed by atoms with E-state index in [4.69, 9.17) is 4.74 Å².